The number of hydrogen-bond acceptors (Lipinski definition) is 5. The molecule has 122 valence electrons. The Morgan fingerprint density at radius 2 is 2.05 bits per heavy atom. The molecular weight excluding hydrogens is 282 g/mol. The molecule has 22 heavy (non-hydrogen) atoms. The number of methoxy groups -OCH3 is 1. The molecule has 0 amide bonds. The highest BCUT2D eigenvalue weighted by atomic mass is 16.6. The van der Waals surface area contributed by atoms with E-state index in [0.29, 0.717) is 11.2 Å². The van der Waals surface area contributed by atoms with E-state index in [9.17, 15) is 10.1 Å². The molecule has 0 unspecified atom stereocenters. The average molecular weight is 307 g/mol. The Kier molecular flexibility index (Phi) is 5.24. The van der Waals surface area contributed by atoms with Crippen LogP contribution < -0.4 is 10.1 Å². The molecule has 0 saturated heterocycles. The highest BCUT2D eigenvalue weighted by Crippen LogP contribution is 2.39. The van der Waals surface area contributed by atoms with Gasteiger partial charge in [0.15, 0.2) is 5.75 Å². The SMILES string of the molecule is COc1cc(NCC2(CN(C)C)CCCC2)ccc1[N+](=O)[O-]. The van der Waals surface area contributed by atoms with Crippen LogP contribution in [0.5, 0.6) is 5.75 Å². The standard InChI is InChI=1S/C16H25N3O3/c1-18(2)12-16(8-4-5-9-16)11-17-13-6-7-14(19(20)21)15(10-13)22-3/h6-7,10,17H,4-5,8-9,11-12H2,1-3H3. The fourth-order valence-electron chi connectivity index (χ4n) is 3.41. The first kappa shape index (κ1) is 16.5. The zero-order valence-corrected chi connectivity index (χ0v) is 13.6. The number of ether oxygens (including phenoxy) is 1. The van der Waals surface area contributed by atoms with Crippen molar-refractivity contribution in [3.63, 3.8) is 0 Å². The molecule has 1 aliphatic rings. The molecule has 6 heteroatoms. The molecule has 0 aliphatic heterocycles. The van der Waals surface area contributed by atoms with Crippen molar-refractivity contribution in [3.8, 4) is 5.75 Å². The zero-order valence-electron chi connectivity index (χ0n) is 13.6. The topological polar surface area (TPSA) is 67.6 Å². The molecule has 2 rings (SSSR count). The summed E-state index contributed by atoms with van der Waals surface area (Å²) in [7, 11) is 5.67. The van der Waals surface area contributed by atoms with Crippen LogP contribution in [-0.4, -0.2) is 44.1 Å². The molecule has 1 aromatic carbocycles. The van der Waals surface area contributed by atoms with Crippen molar-refractivity contribution in [2.24, 2.45) is 5.41 Å². The number of anilines is 1. The van der Waals surface area contributed by atoms with E-state index >= 15 is 0 Å². The molecule has 1 aromatic rings. The normalized spacial score (nSPS) is 16.7. The van der Waals surface area contributed by atoms with Crippen LogP contribution in [0.3, 0.4) is 0 Å². The van der Waals surface area contributed by atoms with E-state index in [-0.39, 0.29) is 5.69 Å². The predicted molar refractivity (Wildman–Crippen MR) is 87.6 cm³/mol. The van der Waals surface area contributed by atoms with Crippen LogP contribution in [0, 0.1) is 15.5 Å². The van der Waals surface area contributed by atoms with Crippen LogP contribution in [0.2, 0.25) is 0 Å². The fraction of sp³-hybridized carbons (Fsp3) is 0.625. The van der Waals surface area contributed by atoms with Crippen molar-refractivity contribution in [3.05, 3.63) is 28.3 Å². The quantitative estimate of drug-likeness (QED) is 0.619. The van der Waals surface area contributed by atoms with E-state index in [2.05, 4.69) is 24.3 Å². The van der Waals surface area contributed by atoms with Crippen LogP contribution in [0.4, 0.5) is 11.4 Å². The van der Waals surface area contributed by atoms with Crippen molar-refractivity contribution in [2.45, 2.75) is 25.7 Å². The second kappa shape index (κ2) is 6.96. The number of nitrogens with one attached hydrogen (secondary N) is 1. The molecule has 0 bridgehead atoms. The van der Waals surface area contributed by atoms with Crippen LogP contribution >= 0.6 is 0 Å². The van der Waals surface area contributed by atoms with Crippen LogP contribution in [0.25, 0.3) is 0 Å². The van der Waals surface area contributed by atoms with Crippen LogP contribution in [-0.2, 0) is 0 Å². The molecule has 0 atom stereocenters. The summed E-state index contributed by atoms with van der Waals surface area (Å²) in [5.41, 5.74) is 1.16. The number of benzene rings is 1. The second-order valence-electron chi connectivity index (χ2n) is 6.44. The van der Waals surface area contributed by atoms with Gasteiger partial charge >= 0.3 is 5.69 Å². The molecule has 1 fully saturated rings. The van der Waals surface area contributed by atoms with Gasteiger partial charge in [-0.25, -0.2) is 0 Å². The van der Waals surface area contributed by atoms with E-state index < -0.39 is 4.92 Å². The number of nitro benzene ring substituents is 1. The third kappa shape index (κ3) is 3.88. The van der Waals surface area contributed by atoms with Crippen molar-refractivity contribution in [2.75, 3.05) is 39.6 Å². The van der Waals surface area contributed by atoms with Gasteiger partial charge in [-0.2, -0.15) is 0 Å². The predicted octanol–water partition coefficient (Wildman–Crippen LogP) is 3.14. The van der Waals surface area contributed by atoms with Crippen LogP contribution in [0.15, 0.2) is 18.2 Å². The highest BCUT2D eigenvalue weighted by molar-refractivity contribution is 5.58. The largest absolute Gasteiger partial charge is 0.490 e. The van der Waals surface area contributed by atoms with E-state index in [1.54, 1.807) is 12.1 Å². The first-order chi connectivity index (χ1) is 10.5. The number of rotatable bonds is 7. The van der Waals surface area contributed by atoms with Crippen LogP contribution in [0.1, 0.15) is 25.7 Å². The molecule has 0 radical (unpaired) electrons. The Morgan fingerprint density at radius 1 is 1.36 bits per heavy atom. The van der Waals surface area contributed by atoms with Gasteiger partial charge in [0, 0.05) is 36.3 Å². The summed E-state index contributed by atoms with van der Waals surface area (Å²) in [5.74, 6) is 0.295. The molecule has 0 heterocycles. The molecule has 0 aromatic heterocycles. The second-order valence-corrected chi connectivity index (χ2v) is 6.44. The maximum absolute atomic E-state index is 10.9. The van der Waals surface area contributed by atoms with Gasteiger partial charge in [-0.3, -0.25) is 10.1 Å². The molecule has 1 aliphatic carbocycles. The summed E-state index contributed by atoms with van der Waals surface area (Å²) < 4.78 is 5.12. The Balaban J connectivity index is 2.08. The van der Waals surface area contributed by atoms with Crippen molar-refractivity contribution < 1.29 is 9.66 Å². The van der Waals surface area contributed by atoms with Gasteiger partial charge in [-0.05, 0) is 33.0 Å². The van der Waals surface area contributed by atoms with Crippen molar-refractivity contribution in [1.82, 2.24) is 4.90 Å². The van der Waals surface area contributed by atoms with Gasteiger partial charge in [0.2, 0.25) is 0 Å². The minimum Gasteiger partial charge on any atom is -0.490 e. The minimum absolute atomic E-state index is 0.00285. The molecule has 1 N–H and O–H groups in total. The monoisotopic (exact) mass is 307 g/mol. The van der Waals surface area contributed by atoms with Crippen molar-refractivity contribution >= 4 is 11.4 Å². The highest BCUT2D eigenvalue weighted by Gasteiger charge is 2.34. The minimum atomic E-state index is -0.423. The van der Waals surface area contributed by atoms with Gasteiger partial charge in [0.25, 0.3) is 0 Å². The third-order valence-corrected chi connectivity index (χ3v) is 4.36. The fourth-order valence-corrected chi connectivity index (χ4v) is 3.41. The molecular formula is C16H25N3O3. The third-order valence-electron chi connectivity index (χ3n) is 4.36. The number of nitrogens with zero attached hydrogens (tertiary/aromatic N) is 2. The zero-order chi connectivity index (χ0) is 16.2. The number of hydrogen-bond donors (Lipinski definition) is 1. The van der Waals surface area contributed by atoms with E-state index in [1.165, 1.54) is 38.9 Å². The van der Waals surface area contributed by atoms with Gasteiger partial charge in [-0.1, -0.05) is 12.8 Å². The van der Waals surface area contributed by atoms with E-state index in [0.717, 1.165) is 18.8 Å². The lowest BCUT2D eigenvalue weighted by molar-refractivity contribution is -0.385. The van der Waals surface area contributed by atoms with E-state index in [1.807, 2.05) is 0 Å². The Morgan fingerprint density at radius 3 is 2.59 bits per heavy atom. The molecule has 0 spiro atoms. The van der Waals surface area contributed by atoms with Crippen molar-refractivity contribution in [1.29, 1.82) is 0 Å². The first-order valence-corrected chi connectivity index (χ1v) is 7.67. The lowest BCUT2D eigenvalue weighted by Crippen LogP contribution is -2.37. The number of nitro groups is 1. The average Bonchev–Trinajstić information content (AvgIpc) is 2.92. The summed E-state index contributed by atoms with van der Waals surface area (Å²) in [5, 5.41) is 14.4. The molecule has 6 nitrogen and oxygen atoms in total. The lowest BCUT2D eigenvalue weighted by atomic mass is 9.85. The lowest BCUT2D eigenvalue weighted by Gasteiger charge is -2.32. The summed E-state index contributed by atoms with van der Waals surface area (Å²) in [6, 6.07) is 4.95. The molecule has 1 saturated carbocycles. The van der Waals surface area contributed by atoms with Gasteiger partial charge in [0.1, 0.15) is 0 Å². The Hall–Kier alpha value is -1.82. The summed E-state index contributed by atoms with van der Waals surface area (Å²) in [6.45, 7) is 1.94. The smallest absolute Gasteiger partial charge is 0.311 e. The Labute approximate surface area is 131 Å². The first-order valence-electron chi connectivity index (χ1n) is 7.67. The Bertz CT molecular complexity index is 525. The summed E-state index contributed by atoms with van der Waals surface area (Å²) in [6.07, 6.45) is 5.00. The van der Waals surface area contributed by atoms with Gasteiger partial charge in [-0.15, -0.1) is 0 Å². The summed E-state index contributed by atoms with van der Waals surface area (Å²) >= 11 is 0. The maximum Gasteiger partial charge on any atom is 0.311 e. The van der Waals surface area contributed by atoms with Gasteiger partial charge < -0.3 is 15.0 Å². The van der Waals surface area contributed by atoms with Gasteiger partial charge in [0.05, 0.1) is 12.0 Å². The van der Waals surface area contributed by atoms with E-state index in [4.69, 9.17) is 4.74 Å². The summed E-state index contributed by atoms with van der Waals surface area (Å²) in [4.78, 5) is 12.7. The maximum atomic E-state index is 10.9.